The molecule has 1 N–H and O–H groups in total. The van der Waals surface area contributed by atoms with Crippen LogP contribution in [-0.2, 0) is 11.3 Å². The van der Waals surface area contributed by atoms with Crippen LogP contribution in [0.4, 0.5) is 0 Å². The molecule has 0 aliphatic heterocycles. The second-order valence-electron chi connectivity index (χ2n) is 6.53. The summed E-state index contributed by atoms with van der Waals surface area (Å²) in [6.45, 7) is 3.89. The van der Waals surface area contributed by atoms with Crippen LogP contribution in [0.15, 0.2) is 16.9 Å². The number of carbonyl (C=O) groups is 1. The molecule has 0 bridgehead atoms. The quantitative estimate of drug-likeness (QED) is 0.793. The molecule has 126 valence electrons. The lowest BCUT2D eigenvalue weighted by atomic mass is 10.2. The highest BCUT2D eigenvalue weighted by Gasteiger charge is 2.19. The summed E-state index contributed by atoms with van der Waals surface area (Å²) in [5, 5.41) is 7.37. The van der Waals surface area contributed by atoms with Crippen LogP contribution in [0.1, 0.15) is 36.4 Å². The van der Waals surface area contributed by atoms with E-state index in [4.69, 9.17) is 0 Å². The lowest BCUT2D eigenvalue weighted by molar-refractivity contribution is -0.122. The van der Waals surface area contributed by atoms with Crippen molar-refractivity contribution in [1.82, 2.24) is 19.5 Å². The Labute approximate surface area is 143 Å². The fourth-order valence-corrected chi connectivity index (χ4v) is 4.55. The van der Waals surface area contributed by atoms with Gasteiger partial charge in [0.25, 0.3) is 5.56 Å². The summed E-state index contributed by atoms with van der Waals surface area (Å²) in [6, 6.07) is 4.22. The molecule has 24 heavy (non-hydrogen) atoms. The van der Waals surface area contributed by atoms with Gasteiger partial charge < -0.3 is 5.32 Å². The minimum Gasteiger partial charge on any atom is -0.352 e. The molecular formula is C17H20N4O2S. The molecule has 1 amide bonds. The van der Waals surface area contributed by atoms with Crippen molar-refractivity contribution in [3.63, 3.8) is 0 Å². The van der Waals surface area contributed by atoms with Crippen LogP contribution < -0.4 is 10.9 Å². The maximum atomic E-state index is 12.7. The predicted octanol–water partition coefficient (Wildman–Crippen LogP) is 2.39. The SMILES string of the molecule is Cc1cc2c(cc3c(=O)n(CC(=O)NC4CCCC4)nc(C)n32)s1. The van der Waals surface area contributed by atoms with Gasteiger partial charge in [0.2, 0.25) is 5.91 Å². The zero-order chi connectivity index (χ0) is 16.8. The van der Waals surface area contributed by atoms with Gasteiger partial charge in [0.1, 0.15) is 17.9 Å². The molecule has 0 unspecified atom stereocenters. The van der Waals surface area contributed by atoms with Gasteiger partial charge in [0, 0.05) is 10.9 Å². The zero-order valence-electron chi connectivity index (χ0n) is 13.8. The molecule has 1 fully saturated rings. The van der Waals surface area contributed by atoms with E-state index in [9.17, 15) is 9.59 Å². The number of aryl methyl sites for hydroxylation is 2. The Morgan fingerprint density at radius 3 is 2.79 bits per heavy atom. The second kappa shape index (κ2) is 5.73. The highest BCUT2D eigenvalue weighted by Crippen LogP contribution is 2.27. The maximum Gasteiger partial charge on any atom is 0.291 e. The summed E-state index contributed by atoms with van der Waals surface area (Å²) in [7, 11) is 0. The van der Waals surface area contributed by atoms with Gasteiger partial charge >= 0.3 is 0 Å². The number of thiophene rings is 1. The number of carbonyl (C=O) groups excluding carboxylic acids is 1. The van der Waals surface area contributed by atoms with E-state index in [1.165, 1.54) is 9.56 Å². The van der Waals surface area contributed by atoms with Crippen LogP contribution in [0.3, 0.4) is 0 Å². The number of nitrogens with one attached hydrogen (secondary N) is 1. The molecular weight excluding hydrogens is 324 g/mol. The third-order valence-electron chi connectivity index (χ3n) is 4.67. The Morgan fingerprint density at radius 1 is 1.29 bits per heavy atom. The summed E-state index contributed by atoms with van der Waals surface area (Å²) < 4.78 is 4.24. The third-order valence-corrected chi connectivity index (χ3v) is 5.66. The van der Waals surface area contributed by atoms with Crippen LogP contribution in [0.5, 0.6) is 0 Å². The molecule has 1 aliphatic carbocycles. The number of fused-ring (bicyclic) bond motifs is 3. The Morgan fingerprint density at radius 2 is 2.04 bits per heavy atom. The molecule has 3 aromatic heterocycles. The summed E-state index contributed by atoms with van der Waals surface area (Å²) >= 11 is 1.66. The summed E-state index contributed by atoms with van der Waals surface area (Å²) in [6.07, 6.45) is 4.38. The van der Waals surface area contributed by atoms with E-state index in [2.05, 4.69) is 23.4 Å². The highest BCUT2D eigenvalue weighted by atomic mass is 32.1. The van der Waals surface area contributed by atoms with E-state index in [1.807, 2.05) is 17.4 Å². The van der Waals surface area contributed by atoms with Gasteiger partial charge in [0.15, 0.2) is 0 Å². The topological polar surface area (TPSA) is 68.4 Å². The van der Waals surface area contributed by atoms with Gasteiger partial charge in [-0.15, -0.1) is 11.3 Å². The van der Waals surface area contributed by atoms with Gasteiger partial charge in [-0.3, -0.25) is 14.0 Å². The minimum atomic E-state index is -0.219. The number of nitrogens with zero attached hydrogens (tertiary/aromatic N) is 3. The second-order valence-corrected chi connectivity index (χ2v) is 7.82. The molecule has 4 rings (SSSR count). The monoisotopic (exact) mass is 344 g/mol. The van der Waals surface area contributed by atoms with Crippen LogP contribution in [0.25, 0.3) is 15.7 Å². The molecule has 0 saturated heterocycles. The predicted molar refractivity (Wildman–Crippen MR) is 94.7 cm³/mol. The normalized spacial score (nSPS) is 15.6. The molecule has 1 aliphatic rings. The zero-order valence-corrected chi connectivity index (χ0v) is 14.7. The Kier molecular flexibility index (Phi) is 3.68. The van der Waals surface area contributed by atoms with Crippen molar-refractivity contribution in [2.75, 3.05) is 0 Å². The van der Waals surface area contributed by atoms with Gasteiger partial charge in [-0.05, 0) is 38.8 Å². The van der Waals surface area contributed by atoms with Crippen molar-refractivity contribution >= 4 is 33.0 Å². The van der Waals surface area contributed by atoms with Crippen molar-refractivity contribution in [3.05, 3.63) is 33.2 Å². The highest BCUT2D eigenvalue weighted by molar-refractivity contribution is 7.19. The van der Waals surface area contributed by atoms with E-state index in [0.717, 1.165) is 35.9 Å². The number of rotatable bonds is 3. The van der Waals surface area contributed by atoms with E-state index >= 15 is 0 Å². The van der Waals surface area contributed by atoms with Crippen molar-refractivity contribution < 1.29 is 4.79 Å². The van der Waals surface area contributed by atoms with E-state index in [-0.39, 0.29) is 24.1 Å². The molecule has 0 aromatic carbocycles. The minimum absolute atomic E-state index is 0.0233. The Balaban J connectivity index is 1.69. The maximum absolute atomic E-state index is 12.7. The summed E-state index contributed by atoms with van der Waals surface area (Å²) in [4.78, 5) is 26.1. The molecule has 6 nitrogen and oxygen atoms in total. The van der Waals surface area contributed by atoms with E-state index in [0.29, 0.717) is 11.3 Å². The Bertz CT molecular complexity index is 992. The fourth-order valence-electron chi connectivity index (χ4n) is 3.61. The molecule has 0 radical (unpaired) electrons. The van der Waals surface area contributed by atoms with Crippen LogP contribution in [0.2, 0.25) is 0 Å². The number of aromatic nitrogens is 3. The third kappa shape index (κ3) is 2.53. The number of hydrogen-bond donors (Lipinski definition) is 1. The lowest BCUT2D eigenvalue weighted by Gasteiger charge is -2.13. The smallest absolute Gasteiger partial charge is 0.291 e. The first kappa shape index (κ1) is 15.4. The van der Waals surface area contributed by atoms with Crippen LogP contribution in [0, 0.1) is 13.8 Å². The van der Waals surface area contributed by atoms with E-state index in [1.54, 1.807) is 11.3 Å². The van der Waals surface area contributed by atoms with Gasteiger partial charge in [-0.2, -0.15) is 5.10 Å². The van der Waals surface area contributed by atoms with Crippen molar-refractivity contribution in [1.29, 1.82) is 0 Å². The molecule has 3 heterocycles. The first-order valence-corrected chi connectivity index (χ1v) is 9.13. The van der Waals surface area contributed by atoms with Gasteiger partial charge in [0.05, 0.1) is 10.2 Å². The average Bonchev–Trinajstić information content (AvgIpc) is 3.20. The standard InChI is InChI=1S/C17H20N4O2S/c1-10-7-13-15(24-10)8-14-17(23)20(19-11(2)21(13)14)9-16(22)18-12-5-3-4-6-12/h7-8,12H,3-6,9H2,1-2H3,(H,18,22). The largest absolute Gasteiger partial charge is 0.352 e. The van der Waals surface area contributed by atoms with Crippen molar-refractivity contribution in [2.24, 2.45) is 0 Å². The average molecular weight is 344 g/mol. The molecule has 3 aromatic rings. The van der Waals surface area contributed by atoms with Gasteiger partial charge in [-0.1, -0.05) is 12.8 Å². The molecule has 7 heteroatoms. The molecule has 0 atom stereocenters. The first-order chi connectivity index (χ1) is 11.5. The van der Waals surface area contributed by atoms with Crippen molar-refractivity contribution in [2.45, 2.75) is 52.1 Å². The summed E-state index contributed by atoms with van der Waals surface area (Å²) in [5.74, 6) is 0.579. The fraction of sp³-hybridized carbons (Fsp3) is 0.471. The number of hydrogen-bond acceptors (Lipinski definition) is 4. The first-order valence-electron chi connectivity index (χ1n) is 8.31. The molecule has 0 spiro atoms. The van der Waals surface area contributed by atoms with E-state index < -0.39 is 0 Å². The lowest BCUT2D eigenvalue weighted by Crippen LogP contribution is -2.38. The van der Waals surface area contributed by atoms with Crippen molar-refractivity contribution in [3.8, 4) is 0 Å². The van der Waals surface area contributed by atoms with Crippen LogP contribution >= 0.6 is 11.3 Å². The number of amides is 1. The van der Waals surface area contributed by atoms with Crippen LogP contribution in [-0.4, -0.2) is 26.1 Å². The summed E-state index contributed by atoms with van der Waals surface area (Å²) in [5.41, 5.74) is 1.37. The molecule has 1 saturated carbocycles. The Hall–Kier alpha value is -2.15. The van der Waals surface area contributed by atoms with Gasteiger partial charge in [-0.25, -0.2) is 4.68 Å².